The summed E-state index contributed by atoms with van der Waals surface area (Å²) in [6, 6.07) is 9.64. The van der Waals surface area contributed by atoms with E-state index in [9.17, 15) is 121 Å². The summed E-state index contributed by atoms with van der Waals surface area (Å²) in [6.45, 7) is -0.283. The van der Waals surface area contributed by atoms with Crippen LogP contribution in [0.1, 0.15) is 0 Å². The van der Waals surface area contributed by atoms with Gasteiger partial charge in [-0.05, 0) is 72.8 Å². The summed E-state index contributed by atoms with van der Waals surface area (Å²) in [5.74, 6) is -4.73. The molecule has 0 aliphatic heterocycles. The van der Waals surface area contributed by atoms with Crippen LogP contribution < -0.4 is 10.5 Å². The molecule has 0 fully saturated rings. The lowest BCUT2D eigenvalue weighted by Gasteiger charge is -2.13. The van der Waals surface area contributed by atoms with Crippen LogP contribution in [0.4, 0.5) is 56.9 Å². The maximum atomic E-state index is 13.1. The Balaban J connectivity index is 1.24. The Labute approximate surface area is 494 Å². The number of nitrogens with two attached hydrogens (primary N) is 1. The maximum absolute atomic E-state index is 13.1. The van der Waals surface area contributed by atoms with Gasteiger partial charge in [-0.1, -0.05) is 6.07 Å². The summed E-state index contributed by atoms with van der Waals surface area (Å²) in [7, 11) is -38.6. The molecule has 8 rings (SSSR count). The number of benzene rings is 7. The summed E-state index contributed by atoms with van der Waals surface area (Å²) in [5, 5.41) is 73.7. The van der Waals surface area contributed by atoms with E-state index in [0.29, 0.717) is 28.9 Å². The molecule has 0 unspecified atom stereocenters. The van der Waals surface area contributed by atoms with Gasteiger partial charge in [-0.2, -0.15) is 68.7 Å². The predicted molar refractivity (Wildman–Crippen MR) is 293 cm³/mol. The first-order valence-corrected chi connectivity index (χ1v) is 32.5. The fraction of sp³-hybridized carbons (Fsp3) is 0. The van der Waals surface area contributed by atoms with Gasteiger partial charge in [-0.3, -0.25) is 46.8 Å². The Morgan fingerprint density at radius 3 is 1.52 bits per heavy atom. The standard InChI is InChI=1S/C42H28N12O28S7/c43-34-27(15-28(84(64,65)66)22-7-9-25(39(57)33(22)34)46-45-24-8-3-19(54(59)60)13-29(24)85(67,68)69)48-47-26-10-6-21-23(40(26)89(79,80)81)14-32(88(76,77)78)36(38(21)56)50-44-17-11-30(86(70,71)72)35(31(12-17)87(73,74)75)49-51-37-41(82-16-55)52-53(42(37)58)18-1-4-20(5-2-18)83(61,62)63/h1-16,56-58H,43H2,(H,61,62,63)(H,64,65,66)(H,67,68,69)(H,70,71,72)(H,73,74,75)(H,76,77,78)(H,79,80,81). The Bertz CT molecular complexity index is 5360. The first-order chi connectivity index (χ1) is 41.0. The van der Waals surface area contributed by atoms with Crippen molar-refractivity contribution in [1.82, 2.24) is 9.78 Å². The van der Waals surface area contributed by atoms with Gasteiger partial charge in [0.1, 0.15) is 63.5 Å². The molecule has 0 saturated carbocycles. The number of nitrogens with zero attached hydrogens (tertiary/aromatic N) is 11. The van der Waals surface area contributed by atoms with E-state index in [-0.39, 0.29) is 30.4 Å². The fourth-order valence-corrected chi connectivity index (χ4v) is 12.5. The van der Waals surface area contributed by atoms with E-state index < -0.39 is 212 Å². The molecule has 47 heteroatoms. The van der Waals surface area contributed by atoms with Gasteiger partial charge in [0.05, 0.1) is 32.3 Å². The van der Waals surface area contributed by atoms with E-state index in [4.69, 9.17) is 5.73 Å². The van der Waals surface area contributed by atoms with Crippen LogP contribution in [0.25, 0.3) is 27.2 Å². The van der Waals surface area contributed by atoms with Crippen molar-refractivity contribution in [1.29, 1.82) is 0 Å². The van der Waals surface area contributed by atoms with Crippen LogP contribution in [-0.4, -0.2) is 127 Å². The molecule has 7 aromatic carbocycles. The van der Waals surface area contributed by atoms with E-state index >= 15 is 0 Å². The topological polar surface area (TPSA) is 653 Å². The van der Waals surface area contributed by atoms with Gasteiger partial charge in [-0.15, -0.1) is 40.9 Å². The second-order valence-corrected chi connectivity index (χ2v) is 26.9. The zero-order valence-electron chi connectivity index (χ0n) is 42.4. The van der Waals surface area contributed by atoms with Gasteiger partial charge in [0, 0.05) is 28.3 Å². The number of non-ortho nitro benzene ring substituents is 1. The van der Waals surface area contributed by atoms with E-state index in [1.165, 1.54) is 0 Å². The molecule has 12 N–H and O–H groups in total. The first kappa shape index (κ1) is 65.1. The van der Waals surface area contributed by atoms with Crippen LogP contribution in [-0.2, 0) is 75.6 Å². The van der Waals surface area contributed by atoms with Crippen molar-refractivity contribution in [2.45, 2.75) is 34.3 Å². The van der Waals surface area contributed by atoms with Crippen LogP contribution in [0.3, 0.4) is 0 Å². The van der Waals surface area contributed by atoms with Crippen molar-refractivity contribution < 1.29 is 121 Å². The molecule has 89 heavy (non-hydrogen) atoms. The molecule has 1 aromatic heterocycles. The first-order valence-electron chi connectivity index (χ1n) is 22.4. The van der Waals surface area contributed by atoms with E-state index in [1.54, 1.807) is 0 Å². The zero-order chi connectivity index (χ0) is 66.1. The Kier molecular flexibility index (Phi) is 16.8. The number of aromatic nitrogens is 2. The Morgan fingerprint density at radius 2 is 0.978 bits per heavy atom. The van der Waals surface area contributed by atoms with Crippen molar-refractivity contribution >= 4 is 156 Å². The Morgan fingerprint density at radius 1 is 0.483 bits per heavy atom. The predicted octanol–water partition coefficient (Wildman–Crippen LogP) is 6.71. The van der Waals surface area contributed by atoms with E-state index in [2.05, 4.69) is 50.7 Å². The minimum Gasteiger partial charge on any atom is -0.505 e. The summed E-state index contributed by atoms with van der Waals surface area (Å²) < 4.78 is 251. The molecule has 0 bridgehead atoms. The number of ether oxygens (including phenoxy) is 1. The maximum Gasteiger partial charge on any atom is 0.299 e. The van der Waals surface area contributed by atoms with Crippen LogP contribution in [0.2, 0.25) is 0 Å². The van der Waals surface area contributed by atoms with E-state index in [1.807, 2.05) is 0 Å². The van der Waals surface area contributed by atoms with Gasteiger partial charge in [0.2, 0.25) is 11.6 Å². The lowest BCUT2D eigenvalue weighted by Crippen LogP contribution is -2.04. The van der Waals surface area contributed by atoms with E-state index in [0.717, 1.165) is 48.5 Å². The lowest BCUT2D eigenvalue weighted by atomic mass is 10.1. The summed E-state index contributed by atoms with van der Waals surface area (Å²) in [4.78, 5) is 12.2. The minimum atomic E-state index is -5.84. The number of phenolic OH excluding ortho intramolecular Hbond substituents is 2. The van der Waals surface area contributed by atoms with Crippen LogP contribution in [0.15, 0.2) is 166 Å². The molecule has 0 aliphatic carbocycles. The number of nitro benzene ring substituents is 1. The van der Waals surface area contributed by atoms with Gasteiger partial charge >= 0.3 is 0 Å². The molecule has 0 atom stereocenters. The van der Waals surface area contributed by atoms with Crippen molar-refractivity contribution in [3.05, 3.63) is 101 Å². The van der Waals surface area contributed by atoms with Crippen molar-refractivity contribution in [2.75, 3.05) is 5.73 Å². The number of hydrogen-bond acceptors (Lipinski definition) is 31. The highest BCUT2D eigenvalue weighted by atomic mass is 32.2. The molecular weight excluding hydrogens is 1340 g/mol. The number of nitro groups is 1. The molecule has 0 spiro atoms. The molecule has 8 aromatic rings. The fourth-order valence-electron chi connectivity index (χ4n) is 7.85. The molecule has 0 amide bonds. The van der Waals surface area contributed by atoms with Gasteiger partial charge in [-0.25, -0.2) is 0 Å². The van der Waals surface area contributed by atoms with Crippen LogP contribution in [0.5, 0.6) is 23.3 Å². The molecule has 0 radical (unpaired) electrons. The number of hydrogen-bond donors (Lipinski definition) is 11. The highest BCUT2D eigenvalue weighted by molar-refractivity contribution is 7.88. The number of aromatic hydroxyl groups is 3. The van der Waals surface area contributed by atoms with Gasteiger partial charge < -0.3 is 25.8 Å². The number of nitrogen functional groups attached to an aromatic ring is 1. The summed E-state index contributed by atoms with van der Waals surface area (Å²) in [5.41, 5.74) is -4.03. The highest BCUT2D eigenvalue weighted by Gasteiger charge is 2.32. The largest absolute Gasteiger partial charge is 0.505 e. The van der Waals surface area contributed by atoms with Gasteiger partial charge in [0.15, 0.2) is 11.5 Å². The average molecular weight is 1370 g/mol. The quantitative estimate of drug-likeness (QED) is 0.01000. The number of anilines is 1. The summed E-state index contributed by atoms with van der Waals surface area (Å²) >= 11 is 0. The lowest BCUT2D eigenvalue weighted by molar-refractivity contribution is -0.385. The molecular formula is C42H28N12O28S7. The van der Waals surface area contributed by atoms with Crippen LogP contribution >= 0.6 is 0 Å². The molecule has 40 nitrogen and oxygen atoms in total. The zero-order valence-corrected chi connectivity index (χ0v) is 48.1. The van der Waals surface area contributed by atoms with Crippen molar-refractivity contribution in [2.24, 2.45) is 40.9 Å². The SMILES string of the molecule is Nc1c(N=Nc2ccc3c(O)c(N=Nc4cc(S(=O)(=O)O)c(N=Nc5c(OC=O)nn(-c6ccc(S(=O)(=O)O)cc6)c5O)c(S(=O)(=O)O)c4)c(S(=O)(=O)O)cc3c2S(=O)(=O)O)cc(S(=O)(=O)O)c2ccc(N=Nc3ccc([N+](=O)[O-])cc3S(=O)(=O)O)c(O)c12. The number of phenols is 2. The second kappa shape index (κ2) is 23.0. The monoisotopic (exact) mass is 1370 g/mol. The smallest absolute Gasteiger partial charge is 0.299 e. The minimum absolute atomic E-state index is 0.205. The Hall–Kier alpha value is -9.89. The third-order valence-electron chi connectivity index (χ3n) is 11.6. The highest BCUT2D eigenvalue weighted by Crippen LogP contribution is 2.49. The molecule has 0 saturated heterocycles. The number of rotatable bonds is 19. The van der Waals surface area contributed by atoms with Gasteiger partial charge in [0.25, 0.3) is 88.9 Å². The third-order valence-corrected chi connectivity index (χ3v) is 17.8. The van der Waals surface area contributed by atoms with Crippen LogP contribution in [0, 0.1) is 10.1 Å². The normalized spacial score (nSPS) is 13.2. The number of carbonyl (C=O) groups excluding carboxylic acids is 1. The number of carbonyl (C=O) groups is 1. The molecule has 0 aliphatic rings. The average Bonchev–Trinajstić information content (AvgIpc) is 1.31. The number of azo groups is 4. The second-order valence-electron chi connectivity index (χ2n) is 17.2. The third kappa shape index (κ3) is 13.3. The van der Waals surface area contributed by atoms with Crippen molar-refractivity contribution in [3.8, 4) is 28.9 Å². The van der Waals surface area contributed by atoms with Crippen molar-refractivity contribution in [3.63, 3.8) is 0 Å². The number of fused-ring (bicyclic) bond motifs is 2. The molecule has 1 heterocycles. The summed E-state index contributed by atoms with van der Waals surface area (Å²) in [6.07, 6.45) is 0. The molecule has 466 valence electrons.